The Labute approximate surface area is 183 Å². The predicted molar refractivity (Wildman–Crippen MR) is 117 cm³/mol. The van der Waals surface area contributed by atoms with Crippen LogP contribution in [0.4, 0.5) is 4.39 Å². The van der Waals surface area contributed by atoms with Gasteiger partial charge in [-0.15, -0.1) is 12.4 Å². The minimum atomic E-state index is -0.751. The van der Waals surface area contributed by atoms with Crippen molar-refractivity contribution in [1.82, 2.24) is 4.90 Å². The maximum absolute atomic E-state index is 14.2. The number of nitrogens with zero attached hydrogens (tertiary/aromatic N) is 1. The second kappa shape index (κ2) is 9.36. The summed E-state index contributed by atoms with van der Waals surface area (Å²) in [7, 11) is 0. The fourth-order valence-corrected chi connectivity index (χ4v) is 4.88. The molecule has 1 spiro atoms. The van der Waals surface area contributed by atoms with Crippen molar-refractivity contribution in [1.29, 1.82) is 0 Å². The van der Waals surface area contributed by atoms with E-state index >= 15 is 0 Å². The molecule has 0 radical (unpaired) electrons. The molecule has 1 N–H and O–H groups in total. The summed E-state index contributed by atoms with van der Waals surface area (Å²) in [6.45, 7) is 4.09. The Morgan fingerprint density at radius 2 is 1.90 bits per heavy atom. The van der Waals surface area contributed by atoms with E-state index in [1.807, 2.05) is 24.0 Å². The molecule has 6 heteroatoms. The molecule has 0 unspecified atom stereocenters. The van der Waals surface area contributed by atoms with Crippen LogP contribution >= 0.6 is 12.4 Å². The number of piperidine rings is 1. The molecule has 4 nitrogen and oxygen atoms in total. The first-order chi connectivity index (χ1) is 14.0. The molecule has 30 heavy (non-hydrogen) atoms. The van der Waals surface area contributed by atoms with Crippen LogP contribution in [-0.4, -0.2) is 35.6 Å². The fourth-order valence-electron chi connectivity index (χ4n) is 4.88. The van der Waals surface area contributed by atoms with Crippen molar-refractivity contribution < 1.29 is 19.0 Å². The summed E-state index contributed by atoms with van der Waals surface area (Å²) in [5.74, 6) is -0.175. The number of aliphatic carboxylic acids is 1. The van der Waals surface area contributed by atoms with Crippen LogP contribution < -0.4 is 4.74 Å². The number of ether oxygens (including phenoxy) is 1. The summed E-state index contributed by atoms with van der Waals surface area (Å²) in [5, 5.41) is 9.00. The highest BCUT2D eigenvalue weighted by molar-refractivity contribution is 5.85. The molecule has 0 bridgehead atoms. The molecule has 2 aromatic rings. The number of rotatable bonds is 6. The Morgan fingerprint density at radius 3 is 2.60 bits per heavy atom. The van der Waals surface area contributed by atoms with Crippen molar-refractivity contribution in [2.75, 3.05) is 19.6 Å². The first kappa shape index (κ1) is 22.6. The van der Waals surface area contributed by atoms with Gasteiger partial charge < -0.3 is 9.84 Å². The third-order valence-electron chi connectivity index (χ3n) is 6.56. The van der Waals surface area contributed by atoms with Gasteiger partial charge in [-0.1, -0.05) is 25.1 Å². The van der Waals surface area contributed by atoms with Gasteiger partial charge in [0.15, 0.2) is 0 Å². The average Bonchev–Trinajstić information content (AvgIpc) is 3.05. The molecule has 1 fully saturated rings. The van der Waals surface area contributed by atoms with Gasteiger partial charge in [0.05, 0.1) is 6.54 Å². The summed E-state index contributed by atoms with van der Waals surface area (Å²) in [5.41, 5.74) is 4.55. The molecule has 162 valence electrons. The largest absolute Gasteiger partial charge is 0.489 e. The van der Waals surface area contributed by atoms with Gasteiger partial charge in [-0.25, -0.2) is 4.39 Å². The van der Waals surface area contributed by atoms with E-state index in [9.17, 15) is 9.18 Å². The minimum Gasteiger partial charge on any atom is -0.489 e. The van der Waals surface area contributed by atoms with Gasteiger partial charge in [0.25, 0.3) is 0 Å². The summed E-state index contributed by atoms with van der Waals surface area (Å²) < 4.78 is 20.2. The lowest BCUT2D eigenvalue weighted by Gasteiger charge is -2.38. The molecule has 4 rings (SSSR count). The van der Waals surface area contributed by atoms with Crippen LogP contribution in [-0.2, 0) is 30.7 Å². The van der Waals surface area contributed by atoms with Gasteiger partial charge in [0.1, 0.15) is 18.2 Å². The van der Waals surface area contributed by atoms with Crippen molar-refractivity contribution >= 4 is 18.4 Å². The Morgan fingerprint density at radius 1 is 1.17 bits per heavy atom. The van der Waals surface area contributed by atoms with E-state index in [4.69, 9.17) is 9.84 Å². The SMILES string of the molecule is CCc1cccc(F)c1COc1ccc2c(c1)CC1(CCN(CC(=O)O)CC1)C2.Cl. The number of hydrogen-bond acceptors (Lipinski definition) is 3. The van der Waals surface area contributed by atoms with E-state index in [2.05, 4.69) is 12.1 Å². The average molecular weight is 434 g/mol. The first-order valence-corrected chi connectivity index (χ1v) is 10.4. The van der Waals surface area contributed by atoms with E-state index < -0.39 is 5.97 Å². The topological polar surface area (TPSA) is 49.8 Å². The van der Waals surface area contributed by atoms with Crippen LogP contribution in [0.1, 0.15) is 42.0 Å². The summed E-state index contributed by atoms with van der Waals surface area (Å²) in [4.78, 5) is 13.0. The van der Waals surface area contributed by atoms with Crippen LogP contribution in [0.3, 0.4) is 0 Å². The minimum absolute atomic E-state index is 0. The molecule has 2 aromatic carbocycles. The number of carbonyl (C=O) groups is 1. The van der Waals surface area contributed by atoms with Crippen molar-refractivity contribution in [2.45, 2.75) is 45.6 Å². The molecule has 1 saturated heterocycles. The zero-order valence-electron chi connectivity index (χ0n) is 17.3. The predicted octanol–water partition coefficient (Wildman–Crippen LogP) is 4.65. The molecule has 1 aliphatic heterocycles. The Hall–Kier alpha value is -2.11. The standard InChI is InChI=1S/C24H28FNO3.ClH/c1-2-17-4-3-5-22(25)21(17)16-29-20-7-6-18-13-24(14-19(18)12-20)8-10-26(11-9-24)15-23(27)28;/h3-7,12H,2,8-11,13-16H2,1H3,(H,27,28);1H. The molecule has 2 aliphatic rings. The number of hydrogen-bond donors (Lipinski definition) is 1. The van der Waals surface area contributed by atoms with Crippen molar-refractivity contribution in [3.63, 3.8) is 0 Å². The molecule has 0 amide bonds. The molecule has 0 aromatic heterocycles. The number of halogens is 2. The van der Waals surface area contributed by atoms with Crippen LogP contribution in [0, 0.1) is 11.2 Å². The smallest absolute Gasteiger partial charge is 0.317 e. The lowest BCUT2D eigenvalue weighted by atomic mass is 9.76. The molecular weight excluding hydrogens is 405 g/mol. The Kier molecular flexibility index (Phi) is 7.04. The second-order valence-corrected chi connectivity index (χ2v) is 8.47. The highest BCUT2D eigenvalue weighted by Crippen LogP contribution is 2.45. The second-order valence-electron chi connectivity index (χ2n) is 8.47. The number of carboxylic acids is 1. The third kappa shape index (κ3) is 4.79. The van der Waals surface area contributed by atoms with Crippen LogP contribution in [0.5, 0.6) is 5.75 Å². The molecule has 0 atom stereocenters. The van der Waals surface area contributed by atoms with Gasteiger partial charge in [-0.05, 0) is 85.5 Å². The van der Waals surface area contributed by atoms with Gasteiger partial charge in [-0.3, -0.25) is 9.69 Å². The van der Waals surface area contributed by atoms with E-state index in [1.54, 1.807) is 6.07 Å². The zero-order valence-corrected chi connectivity index (χ0v) is 18.1. The van der Waals surface area contributed by atoms with Gasteiger partial charge >= 0.3 is 5.97 Å². The van der Waals surface area contributed by atoms with Gasteiger partial charge in [0, 0.05) is 5.56 Å². The van der Waals surface area contributed by atoms with Gasteiger partial charge in [-0.2, -0.15) is 0 Å². The Balaban J connectivity index is 0.00000256. The third-order valence-corrected chi connectivity index (χ3v) is 6.56. The fraction of sp³-hybridized carbons (Fsp3) is 0.458. The number of likely N-dealkylation sites (tertiary alicyclic amines) is 1. The van der Waals surface area contributed by atoms with E-state index in [0.29, 0.717) is 5.56 Å². The molecule has 1 heterocycles. The first-order valence-electron chi connectivity index (χ1n) is 10.4. The van der Waals surface area contributed by atoms with Gasteiger partial charge in [0.2, 0.25) is 0 Å². The van der Waals surface area contributed by atoms with Crippen molar-refractivity contribution in [3.8, 4) is 5.75 Å². The summed E-state index contributed by atoms with van der Waals surface area (Å²) >= 11 is 0. The van der Waals surface area contributed by atoms with E-state index in [-0.39, 0.29) is 36.8 Å². The monoisotopic (exact) mass is 433 g/mol. The highest BCUT2D eigenvalue weighted by atomic mass is 35.5. The van der Waals surface area contributed by atoms with Crippen LogP contribution in [0.2, 0.25) is 0 Å². The Bertz CT molecular complexity index is 909. The van der Waals surface area contributed by atoms with Crippen molar-refractivity contribution in [3.05, 3.63) is 64.5 Å². The molecular formula is C24H29ClFNO3. The van der Waals surface area contributed by atoms with Crippen molar-refractivity contribution in [2.24, 2.45) is 5.41 Å². The number of benzene rings is 2. The molecule has 0 saturated carbocycles. The highest BCUT2D eigenvalue weighted by Gasteiger charge is 2.40. The van der Waals surface area contributed by atoms with Crippen LogP contribution in [0.15, 0.2) is 36.4 Å². The maximum atomic E-state index is 14.2. The number of carboxylic acid groups (broad SMARTS) is 1. The lowest BCUT2D eigenvalue weighted by Crippen LogP contribution is -2.42. The normalized spacial score (nSPS) is 17.4. The van der Waals surface area contributed by atoms with Crippen LogP contribution in [0.25, 0.3) is 0 Å². The number of fused-ring (bicyclic) bond motifs is 1. The van der Waals surface area contributed by atoms with E-state index in [1.165, 1.54) is 17.2 Å². The van der Waals surface area contributed by atoms with E-state index in [0.717, 1.165) is 56.5 Å². The lowest BCUT2D eigenvalue weighted by molar-refractivity contribution is -0.138. The zero-order chi connectivity index (χ0) is 20.4. The quantitative estimate of drug-likeness (QED) is 0.720. The molecule has 1 aliphatic carbocycles. The maximum Gasteiger partial charge on any atom is 0.317 e. The summed E-state index contributed by atoms with van der Waals surface area (Å²) in [6, 6.07) is 11.4. The summed E-state index contributed by atoms with van der Waals surface area (Å²) in [6.07, 6.45) is 4.90. The number of aryl methyl sites for hydroxylation is 1.